The largest absolute Gasteiger partial charge is 0.469 e. The third-order valence-corrected chi connectivity index (χ3v) is 1.86. The van der Waals surface area contributed by atoms with Gasteiger partial charge in [0.1, 0.15) is 18.1 Å². The van der Waals surface area contributed by atoms with Gasteiger partial charge in [-0.05, 0) is 36.7 Å². The minimum atomic E-state index is -0.500. The lowest BCUT2D eigenvalue weighted by Gasteiger charge is -2.19. The topological polar surface area (TPSA) is 51.5 Å². The molecule has 0 radical (unpaired) electrons. The van der Waals surface area contributed by atoms with E-state index in [2.05, 4.69) is 21.2 Å². The number of halogens is 1. The van der Waals surface area contributed by atoms with Gasteiger partial charge < -0.3 is 9.15 Å². The maximum atomic E-state index is 11.3. The van der Waals surface area contributed by atoms with E-state index in [1.165, 1.54) is 12.5 Å². The van der Waals surface area contributed by atoms with E-state index in [1.807, 2.05) is 0 Å². The van der Waals surface area contributed by atoms with Crippen molar-refractivity contribution in [2.24, 2.45) is 0 Å². The predicted octanol–water partition coefficient (Wildman–Crippen LogP) is 3.39. The lowest BCUT2D eigenvalue weighted by Crippen LogP contribution is -2.27. The van der Waals surface area contributed by atoms with Gasteiger partial charge in [0.2, 0.25) is 0 Å². The Morgan fingerprint density at radius 2 is 2.14 bits per heavy atom. The highest BCUT2D eigenvalue weighted by molar-refractivity contribution is 9.10. The fraction of sp³-hybridized carbons (Fsp3) is 0.444. The molecule has 1 N–H and O–H groups in total. The van der Waals surface area contributed by atoms with Gasteiger partial charge in [-0.1, -0.05) is 0 Å². The standard InChI is InChI=1S/C9H12BrNO3/c1-9(2,3)14-8(12)11-7-5-13-4-6(7)10/h4-5H,1-3H3,(H,11,12). The number of carbonyl (C=O) groups excluding carboxylic acids is 1. The van der Waals surface area contributed by atoms with E-state index in [-0.39, 0.29) is 0 Å². The molecular formula is C9H12BrNO3. The molecule has 0 bridgehead atoms. The Bertz CT molecular complexity index is 327. The molecule has 14 heavy (non-hydrogen) atoms. The number of anilines is 1. The van der Waals surface area contributed by atoms with Crippen LogP contribution < -0.4 is 5.32 Å². The van der Waals surface area contributed by atoms with Crippen molar-refractivity contribution in [3.63, 3.8) is 0 Å². The molecule has 0 atom stereocenters. The van der Waals surface area contributed by atoms with Gasteiger partial charge in [0.15, 0.2) is 0 Å². The summed E-state index contributed by atoms with van der Waals surface area (Å²) in [5.74, 6) is 0. The summed E-state index contributed by atoms with van der Waals surface area (Å²) in [5, 5.41) is 2.54. The number of carbonyl (C=O) groups is 1. The van der Waals surface area contributed by atoms with E-state index in [1.54, 1.807) is 20.8 Å². The summed E-state index contributed by atoms with van der Waals surface area (Å²) in [4.78, 5) is 11.3. The Morgan fingerprint density at radius 1 is 1.50 bits per heavy atom. The number of furan rings is 1. The van der Waals surface area contributed by atoms with Crippen molar-refractivity contribution in [3.8, 4) is 0 Å². The summed E-state index contributed by atoms with van der Waals surface area (Å²) >= 11 is 3.21. The fourth-order valence-electron chi connectivity index (χ4n) is 0.784. The Balaban J connectivity index is 2.54. The molecule has 4 nitrogen and oxygen atoms in total. The Kier molecular flexibility index (Phi) is 3.21. The summed E-state index contributed by atoms with van der Waals surface area (Å²) < 4.78 is 10.6. The molecule has 0 aliphatic heterocycles. The van der Waals surface area contributed by atoms with Crippen LogP contribution >= 0.6 is 15.9 Å². The number of amides is 1. The molecule has 0 aliphatic rings. The van der Waals surface area contributed by atoms with Crippen LogP contribution in [-0.4, -0.2) is 11.7 Å². The summed E-state index contributed by atoms with van der Waals surface area (Å²) in [7, 11) is 0. The second-order valence-corrected chi connectivity index (χ2v) is 4.61. The molecule has 1 heterocycles. The molecule has 1 aromatic rings. The quantitative estimate of drug-likeness (QED) is 0.843. The number of rotatable bonds is 1. The first-order valence-electron chi connectivity index (χ1n) is 4.10. The molecule has 0 aliphatic carbocycles. The normalized spacial score (nSPS) is 11.1. The highest BCUT2D eigenvalue weighted by atomic mass is 79.9. The summed E-state index contributed by atoms with van der Waals surface area (Å²) in [6, 6.07) is 0. The van der Waals surface area contributed by atoms with E-state index in [4.69, 9.17) is 9.15 Å². The zero-order valence-corrected chi connectivity index (χ0v) is 9.84. The van der Waals surface area contributed by atoms with Gasteiger partial charge in [-0.2, -0.15) is 0 Å². The highest BCUT2D eigenvalue weighted by Gasteiger charge is 2.17. The number of hydrogen-bond acceptors (Lipinski definition) is 3. The lowest BCUT2D eigenvalue weighted by atomic mass is 10.2. The second kappa shape index (κ2) is 4.04. The average Bonchev–Trinajstić information content (AvgIpc) is 2.32. The van der Waals surface area contributed by atoms with Crippen LogP contribution in [0.25, 0.3) is 0 Å². The summed E-state index contributed by atoms with van der Waals surface area (Å²) in [6.45, 7) is 5.41. The molecule has 78 valence electrons. The van der Waals surface area contributed by atoms with E-state index < -0.39 is 11.7 Å². The molecule has 0 unspecified atom stereocenters. The van der Waals surface area contributed by atoms with Crippen molar-refractivity contribution in [3.05, 3.63) is 17.0 Å². The van der Waals surface area contributed by atoms with Gasteiger partial charge >= 0.3 is 6.09 Å². The average molecular weight is 262 g/mol. The molecule has 0 spiro atoms. The molecule has 1 aromatic heterocycles. The van der Waals surface area contributed by atoms with Crippen LogP contribution in [0.4, 0.5) is 10.5 Å². The molecule has 5 heteroatoms. The number of ether oxygens (including phenoxy) is 1. The van der Waals surface area contributed by atoms with Crippen molar-refractivity contribution >= 4 is 27.7 Å². The van der Waals surface area contributed by atoms with Crippen molar-refractivity contribution in [2.75, 3.05) is 5.32 Å². The minimum Gasteiger partial charge on any atom is -0.469 e. The third kappa shape index (κ3) is 3.41. The first kappa shape index (κ1) is 11.1. The zero-order valence-electron chi connectivity index (χ0n) is 8.26. The van der Waals surface area contributed by atoms with Crippen molar-refractivity contribution < 1.29 is 13.9 Å². The first-order chi connectivity index (χ1) is 6.38. The molecule has 0 saturated carbocycles. The van der Waals surface area contributed by atoms with E-state index in [0.29, 0.717) is 10.2 Å². The van der Waals surface area contributed by atoms with E-state index >= 15 is 0 Å². The molecule has 0 fully saturated rings. The number of hydrogen-bond donors (Lipinski definition) is 1. The summed E-state index contributed by atoms with van der Waals surface area (Å²) in [6.07, 6.45) is 2.40. The van der Waals surface area contributed by atoms with Gasteiger partial charge in [0, 0.05) is 0 Å². The first-order valence-corrected chi connectivity index (χ1v) is 4.89. The molecule has 0 saturated heterocycles. The minimum absolute atomic E-state index is 0.500. The third-order valence-electron chi connectivity index (χ3n) is 1.25. The zero-order chi connectivity index (χ0) is 10.8. The van der Waals surface area contributed by atoms with Crippen LogP contribution in [0.3, 0.4) is 0 Å². The van der Waals surface area contributed by atoms with Crippen LogP contribution in [0.15, 0.2) is 21.4 Å². The smallest absolute Gasteiger partial charge is 0.412 e. The van der Waals surface area contributed by atoms with Gasteiger partial charge in [-0.3, -0.25) is 5.32 Å². The highest BCUT2D eigenvalue weighted by Crippen LogP contribution is 2.23. The van der Waals surface area contributed by atoms with Gasteiger partial charge in [-0.25, -0.2) is 4.79 Å². The van der Waals surface area contributed by atoms with Gasteiger partial charge in [-0.15, -0.1) is 0 Å². The second-order valence-electron chi connectivity index (χ2n) is 3.76. The Labute approximate surface area is 90.7 Å². The molecule has 1 amide bonds. The van der Waals surface area contributed by atoms with Crippen LogP contribution in [0, 0.1) is 0 Å². The van der Waals surface area contributed by atoms with Gasteiger partial charge in [0.05, 0.1) is 10.2 Å². The lowest BCUT2D eigenvalue weighted by molar-refractivity contribution is 0.0635. The van der Waals surface area contributed by atoms with Crippen LogP contribution in [-0.2, 0) is 4.74 Å². The number of nitrogens with one attached hydrogen (secondary N) is 1. The maximum Gasteiger partial charge on any atom is 0.412 e. The van der Waals surface area contributed by atoms with Crippen molar-refractivity contribution in [2.45, 2.75) is 26.4 Å². The molecular weight excluding hydrogens is 250 g/mol. The van der Waals surface area contributed by atoms with E-state index in [0.717, 1.165) is 0 Å². The van der Waals surface area contributed by atoms with Crippen LogP contribution in [0.5, 0.6) is 0 Å². The van der Waals surface area contributed by atoms with E-state index in [9.17, 15) is 4.79 Å². The maximum absolute atomic E-state index is 11.3. The van der Waals surface area contributed by atoms with Gasteiger partial charge in [0.25, 0.3) is 0 Å². The SMILES string of the molecule is CC(C)(C)OC(=O)Nc1cocc1Br. The Hall–Kier alpha value is -0.970. The predicted molar refractivity (Wildman–Crippen MR) is 56.3 cm³/mol. The van der Waals surface area contributed by atoms with Crippen molar-refractivity contribution in [1.82, 2.24) is 0 Å². The van der Waals surface area contributed by atoms with Crippen LogP contribution in [0.2, 0.25) is 0 Å². The fourth-order valence-corrected chi connectivity index (χ4v) is 1.08. The van der Waals surface area contributed by atoms with Crippen LogP contribution in [0.1, 0.15) is 20.8 Å². The molecule has 0 aromatic carbocycles. The Morgan fingerprint density at radius 3 is 2.57 bits per heavy atom. The summed E-state index contributed by atoms with van der Waals surface area (Å²) in [5.41, 5.74) is 0.0552. The van der Waals surface area contributed by atoms with Crippen molar-refractivity contribution in [1.29, 1.82) is 0 Å². The monoisotopic (exact) mass is 261 g/mol. The molecule has 1 rings (SSSR count).